The molecule has 0 spiro atoms. The second-order valence-electron chi connectivity index (χ2n) is 3.94. The van der Waals surface area contributed by atoms with Crippen molar-refractivity contribution < 1.29 is 14.7 Å². The fraction of sp³-hybridized carbons (Fsp3) is 0.385. The van der Waals surface area contributed by atoms with E-state index in [-0.39, 0.29) is 17.2 Å². The number of aromatic carboxylic acids is 1. The third-order valence-corrected chi connectivity index (χ3v) is 3.93. The molecule has 0 fully saturated rings. The Labute approximate surface area is 125 Å². The number of unbranched alkanes of at least 4 members (excludes halogenated alkanes) is 1. The van der Waals surface area contributed by atoms with Crippen molar-refractivity contribution in [2.45, 2.75) is 24.7 Å². The van der Waals surface area contributed by atoms with Crippen molar-refractivity contribution in [3.05, 3.63) is 28.2 Å². The maximum atomic E-state index is 11.6. The van der Waals surface area contributed by atoms with Crippen LogP contribution in [0.3, 0.4) is 0 Å². The molecule has 19 heavy (non-hydrogen) atoms. The number of benzene rings is 1. The van der Waals surface area contributed by atoms with Gasteiger partial charge in [-0.25, -0.2) is 4.79 Å². The number of carboxylic acids is 1. The van der Waals surface area contributed by atoms with Gasteiger partial charge in [0.2, 0.25) is 5.91 Å². The lowest BCUT2D eigenvalue weighted by Gasteiger charge is -2.07. The predicted octanol–water partition coefficient (Wildman–Crippen LogP) is 3.16. The molecule has 0 saturated carbocycles. The smallest absolute Gasteiger partial charge is 0.336 e. The van der Waals surface area contributed by atoms with Crippen LogP contribution in [-0.2, 0) is 4.79 Å². The van der Waals surface area contributed by atoms with Crippen LogP contribution in [0.4, 0.5) is 0 Å². The normalized spacial score (nSPS) is 10.2. The summed E-state index contributed by atoms with van der Waals surface area (Å²) in [6.45, 7) is 2.72. The van der Waals surface area contributed by atoms with Crippen molar-refractivity contribution in [2.24, 2.45) is 0 Å². The standard InChI is InChI=1S/C13H16BrNO3S/c1-2-3-6-15-12(16)8-19-11-7-9(14)4-5-10(11)13(17)18/h4-5,7H,2-3,6,8H2,1H3,(H,15,16)(H,17,18). The van der Waals surface area contributed by atoms with Gasteiger partial charge in [0.05, 0.1) is 11.3 Å². The number of carboxylic acid groups (broad SMARTS) is 1. The Morgan fingerprint density at radius 2 is 2.16 bits per heavy atom. The van der Waals surface area contributed by atoms with E-state index in [2.05, 4.69) is 28.2 Å². The number of hydrogen-bond donors (Lipinski definition) is 2. The third kappa shape index (κ3) is 5.65. The van der Waals surface area contributed by atoms with Gasteiger partial charge in [-0.1, -0.05) is 29.3 Å². The lowest BCUT2D eigenvalue weighted by molar-refractivity contribution is -0.118. The van der Waals surface area contributed by atoms with Crippen LogP contribution in [0.15, 0.2) is 27.6 Å². The number of amides is 1. The molecule has 0 saturated heterocycles. The highest BCUT2D eigenvalue weighted by molar-refractivity contribution is 9.10. The van der Waals surface area contributed by atoms with Crippen molar-refractivity contribution in [3.8, 4) is 0 Å². The molecule has 0 bridgehead atoms. The Morgan fingerprint density at radius 3 is 2.79 bits per heavy atom. The Morgan fingerprint density at radius 1 is 1.42 bits per heavy atom. The molecule has 0 aliphatic heterocycles. The van der Waals surface area contributed by atoms with Crippen molar-refractivity contribution >= 4 is 39.6 Å². The van der Waals surface area contributed by atoms with Crippen molar-refractivity contribution in [3.63, 3.8) is 0 Å². The lowest BCUT2D eigenvalue weighted by Crippen LogP contribution is -2.26. The summed E-state index contributed by atoms with van der Waals surface area (Å²) in [6.07, 6.45) is 1.98. The van der Waals surface area contributed by atoms with Crippen LogP contribution in [0.25, 0.3) is 0 Å². The monoisotopic (exact) mass is 345 g/mol. The Kier molecular flexibility index (Phi) is 6.94. The van der Waals surface area contributed by atoms with Gasteiger partial charge in [-0.3, -0.25) is 4.79 Å². The van der Waals surface area contributed by atoms with Gasteiger partial charge in [0.15, 0.2) is 0 Å². The first-order chi connectivity index (χ1) is 9.04. The van der Waals surface area contributed by atoms with E-state index < -0.39 is 5.97 Å². The minimum absolute atomic E-state index is 0.0743. The highest BCUT2D eigenvalue weighted by Gasteiger charge is 2.12. The van der Waals surface area contributed by atoms with Gasteiger partial charge in [0.1, 0.15) is 0 Å². The van der Waals surface area contributed by atoms with Crippen LogP contribution < -0.4 is 5.32 Å². The van der Waals surface area contributed by atoms with Gasteiger partial charge in [-0.2, -0.15) is 0 Å². The summed E-state index contributed by atoms with van der Waals surface area (Å²) in [4.78, 5) is 23.2. The summed E-state index contributed by atoms with van der Waals surface area (Å²) in [5, 5.41) is 11.9. The van der Waals surface area contributed by atoms with E-state index >= 15 is 0 Å². The van der Waals surface area contributed by atoms with Gasteiger partial charge in [-0.05, 0) is 24.6 Å². The average molecular weight is 346 g/mol. The fourth-order valence-electron chi connectivity index (χ4n) is 1.39. The lowest BCUT2D eigenvalue weighted by atomic mass is 10.2. The molecule has 2 N–H and O–H groups in total. The molecule has 104 valence electrons. The largest absolute Gasteiger partial charge is 0.478 e. The van der Waals surface area contributed by atoms with Gasteiger partial charge in [-0.15, -0.1) is 11.8 Å². The molecule has 0 atom stereocenters. The number of hydrogen-bond acceptors (Lipinski definition) is 3. The molecular formula is C13H16BrNO3S. The topological polar surface area (TPSA) is 66.4 Å². The van der Waals surface area contributed by atoms with Crippen LogP contribution in [0.5, 0.6) is 0 Å². The van der Waals surface area contributed by atoms with Gasteiger partial charge in [0.25, 0.3) is 0 Å². The molecule has 4 nitrogen and oxygen atoms in total. The molecule has 1 aromatic carbocycles. The summed E-state index contributed by atoms with van der Waals surface area (Å²) < 4.78 is 0.798. The molecular weight excluding hydrogens is 330 g/mol. The number of halogens is 1. The summed E-state index contributed by atoms with van der Waals surface area (Å²) in [5.41, 5.74) is 0.217. The Bertz CT molecular complexity index is 465. The third-order valence-electron chi connectivity index (χ3n) is 2.39. The molecule has 0 aromatic heterocycles. The van der Waals surface area contributed by atoms with Crippen LogP contribution >= 0.6 is 27.7 Å². The molecule has 6 heteroatoms. The molecule has 0 aliphatic carbocycles. The van der Waals surface area contributed by atoms with Crippen molar-refractivity contribution in [1.82, 2.24) is 5.32 Å². The first kappa shape index (κ1) is 16.0. The highest BCUT2D eigenvalue weighted by atomic mass is 79.9. The van der Waals surface area contributed by atoms with E-state index in [1.807, 2.05) is 0 Å². The zero-order valence-electron chi connectivity index (χ0n) is 10.6. The average Bonchev–Trinajstić information content (AvgIpc) is 2.36. The first-order valence-corrected chi connectivity index (χ1v) is 7.74. The van der Waals surface area contributed by atoms with Crippen molar-refractivity contribution in [1.29, 1.82) is 0 Å². The Balaban J connectivity index is 2.59. The number of carbonyl (C=O) groups excluding carboxylic acids is 1. The minimum atomic E-state index is -0.985. The van der Waals surface area contributed by atoms with Gasteiger partial charge < -0.3 is 10.4 Å². The van der Waals surface area contributed by atoms with E-state index in [4.69, 9.17) is 5.11 Å². The van der Waals surface area contributed by atoms with Crippen molar-refractivity contribution in [2.75, 3.05) is 12.3 Å². The van der Waals surface area contributed by atoms with Crippen LogP contribution in [0.1, 0.15) is 30.1 Å². The zero-order valence-corrected chi connectivity index (χ0v) is 13.0. The molecule has 1 aromatic rings. The maximum absolute atomic E-state index is 11.6. The fourth-order valence-corrected chi connectivity index (χ4v) is 2.81. The summed E-state index contributed by atoms with van der Waals surface area (Å²) >= 11 is 4.53. The molecule has 0 radical (unpaired) electrons. The van der Waals surface area contributed by atoms with E-state index in [1.165, 1.54) is 17.8 Å². The number of carbonyl (C=O) groups is 2. The second-order valence-corrected chi connectivity index (χ2v) is 5.87. The number of thioether (sulfide) groups is 1. The predicted molar refractivity (Wildman–Crippen MR) is 79.7 cm³/mol. The van der Waals surface area contributed by atoms with Gasteiger partial charge in [0, 0.05) is 15.9 Å². The summed E-state index contributed by atoms with van der Waals surface area (Å²) in [6, 6.07) is 4.92. The highest BCUT2D eigenvalue weighted by Crippen LogP contribution is 2.26. The second kappa shape index (κ2) is 8.22. The first-order valence-electron chi connectivity index (χ1n) is 5.97. The number of rotatable bonds is 7. The van der Waals surface area contributed by atoms with Crippen LogP contribution in [0.2, 0.25) is 0 Å². The molecule has 1 rings (SSSR count). The molecule has 0 unspecified atom stereocenters. The molecule has 0 heterocycles. The quantitative estimate of drug-likeness (QED) is 0.588. The van der Waals surface area contributed by atoms with E-state index in [0.717, 1.165) is 17.3 Å². The maximum Gasteiger partial charge on any atom is 0.336 e. The number of nitrogens with one attached hydrogen (secondary N) is 1. The van der Waals surface area contributed by atoms with E-state index in [0.29, 0.717) is 11.4 Å². The summed E-state index contributed by atoms with van der Waals surface area (Å²) in [5.74, 6) is -0.836. The van der Waals surface area contributed by atoms with Gasteiger partial charge >= 0.3 is 5.97 Å². The van der Waals surface area contributed by atoms with Crippen LogP contribution in [0, 0.1) is 0 Å². The minimum Gasteiger partial charge on any atom is -0.478 e. The Hall–Kier alpha value is -1.01. The molecule has 1 amide bonds. The SMILES string of the molecule is CCCCNC(=O)CSc1cc(Br)ccc1C(=O)O. The van der Waals surface area contributed by atoms with E-state index in [9.17, 15) is 9.59 Å². The van der Waals surface area contributed by atoms with E-state index in [1.54, 1.807) is 12.1 Å². The zero-order chi connectivity index (χ0) is 14.3. The summed E-state index contributed by atoms with van der Waals surface area (Å²) in [7, 11) is 0. The van der Waals surface area contributed by atoms with Crippen LogP contribution in [-0.4, -0.2) is 29.3 Å². The molecule has 0 aliphatic rings.